The first-order valence-electron chi connectivity index (χ1n) is 9.56. The van der Waals surface area contributed by atoms with Gasteiger partial charge in [-0.1, -0.05) is 27.7 Å². The fourth-order valence-corrected chi connectivity index (χ4v) is 0.894. The normalized spacial score (nSPS) is 11.9. The van der Waals surface area contributed by atoms with E-state index in [0.717, 1.165) is 0 Å². The summed E-state index contributed by atoms with van der Waals surface area (Å²) in [4.78, 5) is 48.2. The van der Waals surface area contributed by atoms with Gasteiger partial charge in [-0.05, 0) is 25.2 Å². The van der Waals surface area contributed by atoms with Crippen LogP contribution in [0.3, 0.4) is 0 Å². The summed E-state index contributed by atoms with van der Waals surface area (Å²) in [6, 6.07) is -2.13. The summed E-state index contributed by atoms with van der Waals surface area (Å²) in [6.07, 6.45) is 0.551. The maximum absolute atomic E-state index is 10.1. The molecule has 0 aliphatic rings. The van der Waals surface area contributed by atoms with Gasteiger partial charge in [0.25, 0.3) is 0 Å². The smallest absolute Gasteiger partial charge is 0.320 e. The lowest BCUT2D eigenvalue weighted by Crippen LogP contribution is -2.34. The minimum atomic E-state index is -0.968. The van der Waals surface area contributed by atoms with Crippen LogP contribution in [0.2, 0.25) is 0 Å². The van der Waals surface area contributed by atoms with Crippen LogP contribution in [-0.4, -0.2) is 86.6 Å². The highest BCUT2D eigenvalue weighted by molar-refractivity contribution is 5.73. The van der Waals surface area contributed by atoms with Gasteiger partial charge in [0.15, 0.2) is 0 Å². The van der Waals surface area contributed by atoms with Crippen LogP contribution in [0.1, 0.15) is 41.0 Å². The Hall–Kier alpha value is -2.85. The molecule has 0 saturated carbocycles. The molecule has 0 aromatic heterocycles. The summed E-state index contributed by atoms with van der Waals surface area (Å²) in [7, 11) is 0. The van der Waals surface area contributed by atoms with E-state index in [4.69, 9.17) is 42.7 Å². The van der Waals surface area contributed by atoms with Crippen molar-refractivity contribution in [2.45, 2.75) is 59.2 Å². The van der Waals surface area contributed by atoms with Gasteiger partial charge in [0, 0.05) is 0 Å². The van der Waals surface area contributed by atoms with Crippen LogP contribution in [0, 0.1) is 11.8 Å². The van der Waals surface area contributed by atoms with Gasteiger partial charge in [-0.25, -0.2) is 0 Å². The van der Waals surface area contributed by atoms with E-state index < -0.39 is 48.0 Å². The Labute approximate surface area is 192 Å². The molecule has 15 N–H and O–H groups in total. The highest BCUT2D eigenvalue weighted by atomic mass is 16.4. The van der Waals surface area contributed by atoms with Crippen LogP contribution in [0.5, 0.6) is 0 Å². The van der Waals surface area contributed by atoms with E-state index in [1.54, 1.807) is 13.8 Å². The van der Waals surface area contributed by atoms with Crippen molar-refractivity contribution in [3.63, 3.8) is 0 Å². The predicted molar refractivity (Wildman–Crippen MR) is 120 cm³/mol. The number of hydrogen-bond donors (Lipinski definition) is 10. The van der Waals surface area contributed by atoms with Crippen molar-refractivity contribution in [3.8, 4) is 0 Å². The third-order valence-electron chi connectivity index (χ3n) is 2.78. The Morgan fingerprint density at radius 1 is 0.636 bits per heavy atom. The molecule has 15 nitrogen and oxygen atoms in total. The number of aliphatic carboxylic acids is 5. The van der Waals surface area contributed by atoms with E-state index in [2.05, 4.69) is 11.5 Å². The topological polar surface area (TPSA) is 317 Å². The molecule has 0 aromatic carbocycles. The molecule has 0 bridgehead atoms. The molecule has 198 valence electrons. The molecule has 0 rings (SSSR count). The molecule has 0 saturated heterocycles. The van der Waals surface area contributed by atoms with Gasteiger partial charge < -0.3 is 54.2 Å². The number of hydrogen-bond acceptors (Lipinski definition) is 10. The zero-order valence-electron chi connectivity index (χ0n) is 19.7. The molecule has 0 spiro atoms. The lowest BCUT2D eigenvalue weighted by Gasteiger charge is -2.07. The van der Waals surface area contributed by atoms with Crippen molar-refractivity contribution in [3.05, 3.63) is 0 Å². The second kappa shape index (κ2) is 25.4. The van der Waals surface area contributed by atoms with Gasteiger partial charge in [-0.15, -0.1) is 0 Å². The zero-order chi connectivity index (χ0) is 27.9. The quantitative estimate of drug-likeness (QED) is 0.176. The molecule has 0 radical (unpaired) electrons. The SMILES string of the molecule is CC(C)C[C@H](N)C(=O)O.CC(C)[C@H](N)C(=O)O.C[C@H](N)C(=O)O.NCC(=O)O.NCC(=O)O. The van der Waals surface area contributed by atoms with Crippen LogP contribution in [0.25, 0.3) is 0 Å². The molecular weight excluding hydrogens is 446 g/mol. The van der Waals surface area contributed by atoms with Crippen molar-refractivity contribution >= 4 is 29.8 Å². The third kappa shape index (κ3) is 48.0. The molecule has 0 aromatic rings. The van der Waals surface area contributed by atoms with E-state index in [1.165, 1.54) is 6.92 Å². The van der Waals surface area contributed by atoms with Gasteiger partial charge in [0.1, 0.15) is 18.1 Å². The molecule has 0 aliphatic heterocycles. The van der Waals surface area contributed by atoms with Crippen LogP contribution in [0.4, 0.5) is 0 Å². The van der Waals surface area contributed by atoms with Crippen molar-refractivity contribution in [1.29, 1.82) is 0 Å². The van der Waals surface area contributed by atoms with E-state index in [0.29, 0.717) is 12.3 Å². The summed E-state index contributed by atoms with van der Waals surface area (Å²) in [5.41, 5.74) is 24.4. The first-order valence-corrected chi connectivity index (χ1v) is 9.56. The molecular formula is C18H41N5O10. The minimum absolute atomic E-state index is 0.0208. The highest BCUT2D eigenvalue weighted by Crippen LogP contribution is 2.01. The molecule has 3 atom stereocenters. The van der Waals surface area contributed by atoms with Gasteiger partial charge in [-0.3, -0.25) is 24.0 Å². The lowest BCUT2D eigenvalue weighted by atomic mass is 10.1. The molecule has 0 amide bonds. The van der Waals surface area contributed by atoms with Crippen LogP contribution >= 0.6 is 0 Å². The molecule has 0 fully saturated rings. The molecule has 33 heavy (non-hydrogen) atoms. The van der Waals surface area contributed by atoms with Crippen molar-refractivity contribution < 1.29 is 49.5 Å². The van der Waals surface area contributed by atoms with Gasteiger partial charge in [0.05, 0.1) is 13.1 Å². The van der Waals surface area contributed by atoms with E-state index in [1.807, 2.05) is 13.8 Å². The molecule has 0 unspecified atom stereocenters. The van der Waals surface area contributed by atoms with E-state index in [9.17, 15) is 24.0 Å². The summed E-state index contributed by atoms with van der Waals surface area (Å²) in [5.74, 6) is -4.36. The van der Waals surface area contributed by atoms with Gasteiger partial charge in [0.2, 0.25) is 0 Å². The molecule has 15 heteroatoms. The second-order valence-corrected chi connectivity index (χ2v) is 7.00. The molecule has 0 heterocycles. The average molecular weight is 488 g/mol. The Balaban J connectivity index is -0.000000101. The summed E-state index contributed by atoms with van der Waals surface area (Å²) in [6.45, 7) is 8.31. The van der Waals surface area contributed by atoms with E-state index in [-0.39, 0.29) is 19.0 Å². The number of carboxylic acids is 5. The molecule has 0 aliphatic carbocycles. The van der Waals surface area contributed by atoms with Crippen LogP contribution < -0.4 is 28.7 Å². The van der Waals surface area contributed by atoms with E-state index >= 15 is 0 Å². The second-order valence-electron chi connectivity index (χ2n) is 7.00. The lowest BCUT2D eigenvalue weighted by molar-refractivity contribution is -0.140. The van der Waals surface area contributed by atoms with Crippen LogP contribution in [-0.2, 0) is 24.0 Å². The third-order valence-corrected chi connectivity index (χ3v) is 2.78. The Bertz CT molecular complexity index is 543. The highest BCUT2D eigenvalue weighted by Gasteiger charge is 2.14. The number of rotatable bonds is 8. The predicted octanol–water partition coefficient (Wildman–Crippen LogP) is -2.02. The Morgan fingerprint density at radius 2 is 0.909 bits per heavy atom. The summed E-state index contributed by atoms with van der Waals surface area (Å²) >= 11 is 0. The van der Waals surface area contributed by atoms with Crippen molar-refractivity contribution in [2.24, 2.45) is 40.5 Å². The Morgan fingerprint density at radius 3 is 0.939 bits per heavy atom. The van der Waals surface area contributed by atoms with Crippen LogP contribution in [0.15, 0.2) is 0 Å². The summed E-state index contributed by atoms with van der Waals surface area (Å²) in [5, 5.41) is 39.6. The fourth-order valence-electron chi connectivity index (χ4n) is 0.894. The largest absolute Gasteiger partial charge is 0.480 e. The summed E-state index contributed by atoms with van der Waals surface area (Å²) < 4.78 is 0. The maximum Gasteiger partial charge on any atom is 0.320 e. The average Bonchev–Trinajstić information content (AvgIpc) is 2.68. The first-order chi connectivity index (χ1) is 14.8. The van der Waals surface area contributed by atoms with Crippen molar-refractivity contribution in [2.75, 3.05) is 13.1 Å². The van der Waals surface area contributed by atoms with Crippen molar-refractivity contribution in [1.82, 2.24) is 0 Å². The number of nitrogens with two attached hydrogens (primary N) is 5. The fraction of sp³-hybridized carbons (Fsp3) is 0.722. The maximum atomic E-state index is 10.1. The Kier molecular flexibility index (Phi) is 31.2. The first kappa shape index (κ1) is 40.5. The zero-order valence-corrected chi connectivity index (χ0v) is 19.7. The number of carboxylic acid groups (broad SMARTS) is 5. The standard InChI is InChI=1S/C6H13NO2.C5H11NO2.C3H7NO2.2C2H5NO2/c1-4(2)3-5(7)6(8)9;1-3(2)4(6)5(7)8;1-2(4)3(5)6;2*3-1-2(4)5/h4-5H,3,7H2,1-2H3,(H,8,9);3-4H,6H2,1-2H3,(H,7,8);2H,4H2,1H3,(H,5,6);2*1,3H2,(H,4,5)/t5-;4-;2-;;/m000../s1. The minimum Gasteiger partial charge on any atom is -0.480 e. The number of carbonyl (C=O) groups is 5. The monoisotopic (exact) mass is 487 g/mol. The van der Waals surface area contributed by atoms with Gasteiger partial charge in [-0.2, -0.15) is 0 Å². The van der Waals surface area contributed by atoms with Gasteiger partial charge >= 0.3 is 29.8 Å².